The number of rotatable bonds is 2. The second-order valence-electron chi connectivity index (χ2n) is 6.24. The van der Waals surface area contributed by atoms with Crippen molar-refractivity contribution in [2.75, 3.05) is 6.61 Å². The lowest BCUT2D eigenvalue weighted by molar-refractivity contribution is -0.156. The SMILES string of the molecule is CCOC(=O)[C@H]1CC2[C@H]3CC=CC[C@H]2C3C[C@@H](Br)C1=O. The highest BCUT2D eigenvalue weighted by Crippen LogP contribution is 2.57. The number of carbonyl (C=O) groups is 2. The molecule has 20 heavy (non-hydrogen) atoms. The molecular formula is C16H21BrO3. The summed E-state index contributed by atoms with van der Waals surface area (Å²) < 4.78 is 5.12. The fraction of sp³-hybridized carbons (Fsp3) is 0.750. The highest BCUT2D eigenvalue weighted by molar-refractivity contribution is 9.10. The van der Waals surface area contributed by atoms with Gasteiger partial charge in [0.05, 0.1) is 11.4 Å². The summed E-state index contributed by atoms with van der Waals surface area (Å²) in [7, 11) is 0. The van der Waals surface area contributed by atoms with Gasteiger partial charge in [-0.25, -0.2) is 0 Å². The van der Waals surface area contributed by atoms with Crippen LogP contribution in [-0.2, 0) is 14.3 Å². The van der Waals surface area contributed by atoms with Gasteiger partial charge < -0.3 is 4.74 Å². The van der Waals surface area contributed by atoms with Crippen LogP contribution in [0.3, 0.4) is 0 Å². The maximum Gasteiger partial charge on any atom is 0.316 e. The van der Waals surface area contributed by atoms with Gasteiger partial charge in [0.15, 0.2) is 5.78 Å². The molecule has 0 aromatic heterocycles. The van der Waals surface area contributed by atoms with Crippen molar-refractivity contribution < 1.29 is 14.3 Å². The van der Waals surface area contributed by atoms with Crippen LogP contribution in [0.5, 0.6) is 0 Å². The molecule has 0 heterocycles. The van der Waals surface area contributed by atoms with Gasteiger partial charge in [-0.1, -0.05) is 28.1 Å². The number of ether oxygens (including phenoxy) is 1. The number of allylic oxidation sites excluding steroid dienone is 2. The maximum atomic E-state index is 12.4. The van der Waals surface area contributed by atoms with Crippen LogP contribution in [0.1, 0.15) is 32.6 Å². The molecule has 0 unspecified atom stereocenters. The summed E-state index contributed by atoms with van der Waals surface area (Å²) in [5.41, 5.74) is 0. The topological polar surface area (TPSA) is 43.4 Å². The third-order valence-corrected chi connectivity index (χ3v) is 6.22. The molecule has 4 bridgehead atoms. The molecule has 2 fully saturated rings. The Morgan fingerprint density at radius 3 is 2.40 bits per heavy atom. The molecule has 3 aliphatic rings. The van der Waals surface area contributed by atoms with Crippen LogP contribution in [0, 0.1) is 29.6 Å². The van der Waals surface area contributed by atoms with Crippen molar-refractivity contribution >= 4 is 27.7 Å². The monoisotopic (exact) mass is 340 g/mol. The zero-order valence-corrected chi connectivity index (χ0v) is 13.3. The first-order valence-electron chi connectivity index (χ1n) is 7.63. The van der Waals surface area contributed by atoms with Crippen LogP contribution in [0.2, 0.25) is 0 Å². The predicted molar refractivity (Wildman–Crippen MR) is 79.4 cm³/mol. The minimum Gasteiger partial charge on any atom is -0.465 e. The highest BCUT2D eigenvalue weighted by atomic mass is 79.9. The Morgan fingerprint density at radius 2 is 1.80 bits per heavy atom. The Labute approximate surface area is 128 Å². The van der Waals surface area contributed by atoms with Crippen LogP contribution in [0.25, 0.3) is 0 Å². The van der Waals surface area contributed by atoms with Crippen molar-refractivity contribution in [2.45, 2.75) is 37.4 Å². The molecule has 110 valence electrons. The van der Waals surface area contributed by atoms with Crippen LogP contribution in [0.4, 0.5) is 0 Å². The van der Waals surface area contributed by atoms with E-state index in [0.29, 0.717) is 36.7 Å². The van der Waals surface area contributed by atoms with E-state index in [2.05, 4.69) is 28.1 Å². The fourth-order valence-corrected chi connectivity index (χ4v) is 5.20. The summed E-state index contributed by atoms with van der Waals surface area (Å²) in [6, 6.07) is 0. The Hall–Kier alpha value is -0.640. The van der Waals surface area contributed by atoms with E-state index in [0.717, 1.165) is 19.3 Å². The molecule has 4 atom stereocenters. The number of hydrogen-bond acceptors (Lipinski definition) is 3. The molecule has 0 saturated heterocycles. The Kier molecular flexibility index (Phi) is 4.02. The maximum absolute atomic E-state index is 12.4. The van der Waals surface area contributed by atoms with Gasteiger partial charge in [-0.15, -0.1) is 0 Å². The summed E-state index contributed by atoms with van der Waals surface area (Å²) in [5, 5.41) is 0. The van der Waals surface area contributed by atoms with E-state index in [-0.39, 0.29) is 16.6 Å². The van der Waals surface area contributed by atoms with Crippen LogP contribution in [-0.4, -0.2) is 23.2 Å². The lowest BCUT2D eigenvalue weighted by Crippen LogP contribution is -2.52. The molecule has 0 aliphatic heterocycles. The number of fused-ring (bicyclic) bond motifs is 1. The van der Waals surface area contributed by atoms with E-state index in [1.165, 1.54) is 0 Å². The molecule has 0 aromatic rings. The number of alkyl halides is 1. The molecular weight excluding hydrogens is 320 g/mol. The molecule has 3 rings (SSSR count). The predicted octanol–water partition coefficient (Wildman–Crippen LogP) is 3.12. The van der Waals surface area contributed by atoms with E-state index in [9.17, 15) is 9.59 Å². The van der Waals surface area contributed by atoms with Gasteiger partial charge in [-0.2, -0.15) is 0 Å². The zero-order valence-electron chi connectivity index (χ0n) is 11.8. The number of esters is 1. The first-order valence-corrected chi connectivity index (χ1v) is 8.54. The molecule has 3 nitrogen and oxygen atoms in total. The second-order valence-corrected chi connectivity index (χ2v) is 7.35. The van der Waals surface area contributed by atoms with Crippen molar-refractivity contribution in [1.29, 1.82) is 0 Å². The van der Waals surface area contributed by atoms with Crippen LogP contribution >= 0.6 is 15.9 Å². The zero-order chi connectivity index (χ0) is 14.3. The van der Waals surface area contributed by atoms with Gasteiger partial charge in [0, 0.05) is 0 Å². The van der Waals surface area contributed by atoms with Gasteiger partial charge in [0.1, 0.15) is 5.92 Å². The molecule has 3 aliphatic carbocycles. The van der Waals surface area contributed by atoms with Crippen molar-refractivity contribution in [2.24, 2.45) is 29.6 Å². The van der Waals surface area contributed by atoms with E-state index >= 15 is 0 Å². The summed E-state index contributed by atoms with van der Waals surface area (Å²) >= 11 is 3.52. The molecule has 2 saturated carbocycles. The third-order valence-electron chi connectivity index (χ3n) is 5.39. The minimum absolute atomic E-state index is 0.0301. The number of Topliss-reactive ketones (excluding diaryl/α,β-unsaturated/α-hetero) is 1. The largest absolute Gasteiger partial charge is 0.465 e. The second kappa shape index (κ2) is 5.63. The number of halogens is 1. The molecule has 0 aromatic carbocycles. The summed E-state index contributed by atoms with van der Waals surface area (Å²) in [6.07, 6.45) is 8.34. The van der Waals surface area contributed by atoms with Gasteiger partial charge in [-0.3, -0.25) is 9.59 Å². The number of carbonyl (C=O) groups excluding carboxylic acids is 2. The Balaban J connectivity index is 1.82. The average Bonchev–Trinajstić information content (AvgIpc) is 2.74. The first kappa shape index (κ1) is 14.3. The van der Waals surface area contributed by atoms with E-state index in [4.69, 9.17) is 4.74 Å². The summed E-state index contributed by atoms with van der Waals surface area (Å²) in [6.45, 7) is 2.14. The fourth-order valence-electron chi connectivity index (χ4n) is 4.45. The number of hydrogen-bond donors (Lipinski definition) is 0. The minimum atomic E-state index is -0.561. The molecule has 0 radical (unpaired) electrons. The highest BCUT2D eigenvalue weighted by Gasteiger charge is 2.54. The van der Waals surface area contributed by atoms with Gasteiger partial charge in [0.25, 0.3) is 0 Å². The smallest absolute Gasteiger partial charge is 0.316 e. The normalized spacial score (nSPS) is 43.0. The van der Waals surface area contributed by atoms with Crippen molar-refractivity contribution in [3.05, 3.63) is 12.2 Å². The van der Waals surface area contributed by atoms with E-state index in [1.807, 2.05) is 0 Å². The number of ketones is 1. The molecule has 0 spiro atoms. The van der Waals surface area contributed by atoms with Crippen molar-refractivity contribution in [1.82, 2.24) is 0 Å². The van der Waals surface area contributed by atoms with Gasteiger partial charge in [-0.05, 0) is 56.3 Å². The average molecular weight is 341 g/mol. The van der Waals surface area contributed by atoms with Crippen molar-refractivity contribution in [3.63, 3.8) is 0 Å². The standard InChI is InChI=1S/C16H21BrO3/c1-2-20-16(19)13-7-11-9-5-3-4-6-10(11)12(9)8-14(17)15(13)18/h3-4,9-14H,2,5-8H2,1H3/t9-,10-,11?,12?,13+,14-/m1/s1. The van der Waals surface area contributed by atoms with Gasteiger partial charge in [0.2, 0.25) is 0 Å². The molecule has 0 N–H and O–H groups in total. The van der Waals surface area contributed by atoms with Crippen LogP contribution in [0.15, 0.2) is 12.2 Å². The lowest BCUT2D eigenvalue weighted by atomic mass is 9.51. The summed E-state index contributed by atoms with van der Waals surface area (Å²) in [4.78, 5) is 24.3. The van der Waals surface area contributed by atoms with Crippen molar-refractivity contribution in [3.8, 4) is 0 Å². The Morgan fingerprint density at radius 1 is 1.20 bits per heavy atom. The quantitative estimate of drug-likeness (QED) is 0.335. The lowest BCUT2D eigenvalue weighted by Gasteiger charge is -2.54. The molecule has 4 heteroatoms. The van der Waals surface area contributed by atoms with Crippen LogP contribution < -0.4 is 0 Å². The van der Waals surface area contributed by atoms with E-state index < -0.39 is 5.92 Å². The third kappa shape index (κ3) is 2.26. The molecule has 0 amide bonds. The van der Waals surface area contributed by atoms with Gasteiger partial charge >= 0.3 is 5.97 Å². The first-order chi connectivity index (χ1) is 9.63. The Bertz CT molecular complexity index is 429. The van der Waals surface area contributed by atoms with E-state index in [1.54, 1.807) is 6.92 Å². The summed E-state index contributed by atoms with van der Waals surface area (Å²) in [5.74, 6) is 1.63.